The van der Waals surface area contributed by atoms with E-state index < -0.39 is 0 Å². The van der Waals surface area contributed by atoms with Crippen LogP contribution in [0.25, 0.3) is 0 Å². The standard InChI is InChI=1S/C13H24N2/c1-4-8-14-9-11-15-10-7-13(5-2,6-3)12-15/h1,14H,5-12H2,2-3H3. The second kappa shape index (κ2) is 6.15. The number of likely N-dealkylation sites (tertiary alicyclic amines) is 1. The van der Waals surface area contributed by atoms with Gasteiger partial charge in [0.2, 0.25) is 0 Å². The molecule has 0 unspecified atom stereocenters. The van der Waals surface area contributed by atoms with E-state index in [0.29, 0.717) is 12.0 Å². The molecule has 1 heterocycles. The lowest BCUT2D eigenvalue weighted by Gasteiger charge is -2.26. The van der Waals surface area contributed by atoms with Gasteiger partial charge in [0.15, 0.2) is 0 Å². The van der Waals surface area contributed by atoms with Crippen LogP contribution in [0.15, 0.2) is 0 Å². The van der Waals surface area contributed by atoms with Crippen molar-refractivity contribution in [1.29, 1.82) is 0 Å². The van der Waals surface area contributed by atoms with Gasteiger partial charge >= 0.3 is 0 Å². The van der Waals surface area contributed by atoms with Crippen LogP contribution >= 0.6 is 0 Å². The minimum atomic E-state index is 0.603. The molecule has 2 nitrogen and oxygen atoms in total. The molecule has 0 aromatic heterocycles. The molecular formula is C13H24N2. The van der Waals surface area contributed by atoms with E-state index in [1.807, 2.05) is 0 Å². The molecule has 2 heteroatoms. The summed E-state index contributed by atoms with van der Waals surface area (Å²) in [4.78, 5) is 2.57. The molecule has 1 N–H and O–H groups in total. The zero-order valence-electron chi connectivity index (χ0n) is 10.2. The van der Waals surface area contributed by atoms with Crippen molar-refractivity contribution in [3.8, 4) is 12.3 Å². The number of hydrogen-bond acceptors (Lipinski definition) is 2. The highest BCUT2D eigenvalue weighted by atomic mass is 15.2. The summed E-state index contributed by atoms with van der Waals surface area (Å²) in [7, 11) is 0. The smallest absolute Gasteiger partial charge is 0.0574 e. The zero-order valence-corrected chi connectivity index (χ0v) is 10.2. The topological polar surface area (TPSA) is 15.3 Å². The molecule has 1 rings (SSSR count). The first-order valence-corrected chi connectivity index (χ1v) is 6.13. The van der Waals surface area contributed by atoms with E-state index in [0.717, 1.165) is 13.1 Å². The van der Waals surface area contributed by atoms with Crippen LogP contribution in [0.3, 0.4) is 0 Å². The Morgan fingerprint density at radius 1 is 1.40 bits per heavy atom. The van der Waals surface area contributed by atoms with Crippen LogP contribution in [0.5, 0.6) is 0 Å². The van der Waals surface area contributed by atoms with Crippen LogP contribution in [0, 0.1) is 17.8 Å². The van der Waals surface area contributed by atoms with Gasteiger partial charge in [-0.1, -0.05) is 19.8 Å². The van der Waals surface area contributed by atoms with E-state index in [2.05, 4.69) is 30.0 Å². The summed E-state index contributed by atoms with van der Waals surface area (Å²) in [5.41, 5.74) is 0.603. The van der Waals surface area contributed by atoms with Gasteiger partial charge < -0.3 is 10.2 Å². The summed E-state index contributed by atoms with van der Waals surface area (Å²) < 4.78 is 0. The summed E-state index contributed by atoms with van der Waals surface area (Å²) in [5.74, 6) is 2.60. The highest BCUT2D eigenvalue weighted by Crippen LogP contribution is 2.36. The Labute approximate surface area is 94.4 Å². The summed E-state index contributed by atoms with van der Waals surface area (Å²) >= 11 is 0. The molecule has 0 spiro atoms. The third-order valence-corrected chi connectivity index (χ3v) is 3.85. The van der Waals surface area contributed by atoms with E-state index in [1.165, 1.54) is 32.4 Å². The van der Waals surface area contributed by atoms with Crippen molar-refractivity contribution in [2.24, 2.45) is 5.41 Å². The Hall–Kier alpha value is -0.520. The van der Waals surface area contributed by atoms with Crippen molar-refractivity contribution >= 4 is 0 Å². The lowest BCUT2D eigenvalue weighted by Crippen LogP contribution is -2.32. The van der Waals surface area contributed by atoms with Gasteiger partial charge in [-0.25, -0.2) is 0 Å². The van der Waals surface area contributed by atoms with Gasteiger partial charge in [0.25, 0.3) is 0 Å². The average Bonchev–Trinajstić information content (AvgIpc) is 2.69. The molecule has 0 aliphatic carbocycles. The number of hydrogen-bond donors (Lipinski definition) is 1. The highest BCUT2D eigenvalue weighted by Gasteiger charge is 2.34. The quantitative estimate of drug-likeness (QED) is 0.528. The van der Waals surface area contributed by atoms with Crippen molar-refractivity contribution in [2.75, 3.05) is 32.7 Å². The van der Waals surface area contributed by atoms with Crippen molar-refractivity contribution < 1.29 is 0 Å². The number of nitrogens with zero attached hydrogens (tertiary/aromatic N) is 1. The minimum absolute atomic E-state index is 0.603. The normalized spacial score (nSPS) is 20.3. The van der Waals surface area contributed by atoms with Gasteiger partial charge in [0, 0.05) is 19.6 Å². The Morgan fingerprint density at radius 3 is 2.67 bits per heavy atom. The Kier molecular flexibility index (Phi) is 5.14. The maximum Gasteiger partial charge on any atom is 0.0574 e. The Morgan fingerprint density at radius 2 is 2.13 bits per heavy atom. The summed E-state index contributed by atoms with van der Waals surface area (Å²) in [6.07, 6.45) is 9.19. The average molecular weight is 208 g/mol. The van der Waals surface area contributed by atoms with Crippen molar-refractivity contribution in [3.63, 3.8) is 0 Å². The van der Waals surface area contributed by atoms with Gasteiger partial charge in [-0.05, 0) is 31.2 Å². The molecule has 0 saturated carbocycles. The van der Waals surface area contributed by atoms with Crippen LogP contribution in [0.1, 0.15) is 33.1 Å². The molecule has 0 aromatic rings. The molecule has 0 amide bonds. The molecule has 0 radical (unpaired) electrons. The zero-order chi connectivity index (χ0) is 11.1. The molecule has 0 aromatic carbocycles. The fraction of sp³-hybridized carbons (Fsp3) is 0.846. The van der Waals surface area contributed by atoms with E-state index in [9.17, 15) is 0 Å². The van der Waals surface area contributed by atoms with Gasteiger partial charge in [-0.15, -0.1) is 6.42 Å². The molecule has 1 fully saturated rings. The van der Waals surface area contributed by atoms with E-state index in [4.69, 9.17) is 6.42 Å². The fourth-order valence-electron chi connectivity index (χ4n) is 2.44. The molecule has 1 aliphatic rings. The predicted molar refractivity (Wildman–Crippen MR) is 65.8 cm³/mol. The second-order valence-electron chi connectivity index (χ2n) is 4.61. The van der Waals surface area contributed by atoms with Crippen LogP contribution in [0.2, 0.25) is 0 Å². The molecule has 86 valence electrons. The maximum atomic E-state index is 5.18. The van der Waals surface area contributed by atoms with Crippen LogP contribution in [-0.2, 0) is 0 Å². The van der Waals surface area contributed by atoms with Gasteiger partial charge in [-0.2, -0.15) is 0 Å². The number of rotatable bonds is 6. The SMILES string of the molecule is C#CCNCCN1CCC(CC)(CC)C1. The number of terminal acetylenes is 1. The monoisotopic (exact) mass is 208 g/mol. The largest absolute Gasteiger partial charge is 0.305 e. The van der Waals surface area contributed by atoms with Crippen molar-refractivity contribution in [3.05, 3.63) is 0 Å². The summed E-state index contributed by atoms with van der Waals surface area (Å²) in [5, 5.41) is 3.25. The molecule has 1 saturated heterocycles. The lowest BCUT2D eigenvalue weighted by molar-refractivity contribution is 0.241. The second-order valence-corrected chi connectivity index (χ2v) is 4.61. The predicted octanol–water partition coefficient (Wildman–Crippen LogP) is 1.72. The lowest BCUT2D eigenvalue weighted by atomic mass is 9.82. The maximum absolute atomic E-state index is 5.18. The van der Waals surface area contributed by atoms with Crippen molar-refractivity contribution in [2.45, 2.75) is 33.1 Å². The molecular weight excluding hydrogens is 184 g/mol. The first-order chi connectivity index (χ1) is 7.26. The Bertz CT molecular complexity index is 213. The van der Waals surface area contributed by atoms with Gasteiger partial charge in [0.05, 0.1) is 6.54 Å². The third-order valence-electron chi connectivity index (χ3n) is 3.85. The molecule has 1 aliphatic heterocycles. The molecule has 15 heavy (non-hydrogen) atoms. The first kappa shape index (κ1) is 12.5. The third kappa shape index (κ3) is 3.52. The van der Waals surface area contributed by atoms with Crippen LogP contribution in [-0.4, -0.2) is 37.6 Å². The van der Waals surface area contributed by atoms with E-state index in [1.54, 1.807) is 0 Å². The highest BCUT2D eigenvalue weighted by molar-refractivity contribution is 4.89. The first-order valence-electron chi connectivity index (χ1n) is 6.13. The van der Waals surface area contributed by atoms with Crippen LogP contribution in [0.4, 0.5) is 0 Å². The van der Waals surface area contributed by atoms with Gasteiger partial charge in [-0.3, -0.25) is 0 Å². The van der Waals surface area contributed by atoms with E-state index >= 15 is 0 Å². The number of nitrogens with one attached hydrogen (secondary N) is 1. The van der Waals surface area contributed by atoms with Crippen LogP contribution < -0.4 is 5.32 Å². The Balaban J connectivity index is 2.21. The summed E-state index contributed by atoms with van der Waals surface area (Å²) in [6, 6.07) is 0. The van der Waals surface area contributed by atoms with E-state index in [-0.39, 0.29) is 0 Å². The fourth-order valence-corrected chi connectivity index (χ4v) is 2.44. The minimum Gasteiger partial charge on any atom is -0.305 e. The van der Waals surface area contributed by atoms with Gasteiger partial charge in [0.1, 0.15) is 0 Å². The van der Waals surface area contributed by atoms with Crippen molar-refractivity contribution in [1.82, 2.24) is 10.2 Å². The summed E-state index contributed by atoms with van der Waals surface area (Å²) in [6.45, 7) is 10.0. The molecule has 0 bridgehead atoms. The molecule has 0 atom stereocenters.